The molecule has 0 atom stereocenters. The zero-order valence-electron chi connectivity index (χ0n) is 28.1. The first-order valence-electron chi connectivity index (χ1n) is 17.2. The van der Waals surface area contributed by atoms with Gasteiger partial charge >= 0.3 is 0 Å². The topological polar surface area (TPSA) is 4.93 Å². The summed E-state index contributed by atoms with van der Waals surface area (Å²) in [6, 6.07) is 62.5. The van der Waals surface area contributed by atoms with Crippen LogP contribution < -0.4 is 0 Å². The SMILES string of the molecule is CC(C)(C)c1ccc2c(-c3ccc(-n4c5ccccc5c5ccccc54)cc3)c3ccccc3c(-c3ccc(-c4ccccc4)cc3)c2c1. The first-order chi connectivity index (χ1) is 24.0. The molecule has 1 heterocycles. The van der Waals surface area contributed by atoms with Gasteiger partial charge in [-0.05, 0) is 96.2 Å². The van der Waals surface area contributed by atoms with E-state index in [1.54, 1.807) is 0 Å². The molecule has 0 saturated heterocycles. The highest BCUT2D eigenvalue weighted by Crippen LogP contribution is 2.45. The Morgan fingerprint density at radius 1 is 0.347 bits per heavy atom. The quantitative estimate of drug-likeness (QED) is 0.171. The molecule has 1 aromatic heterocycles. The van der Waals surface area contributed by atoms with Crippen LogP contribution in [0.5, 0.6) is 0 Å². The van der Waals surface area contributed by atoms with Gasteiger partial charge in [-0.3, -0.25) is 0 Å². The number of hydrogen-bond donors (Lipinski definition) is 0. The van der Waals surface area contributed by atoms with Gasteiger partial charge < -0.3 is 4.57 Å². The summed E-state index contributed by atoms with van der Waals surface area (Å²) in [6.07, 6.45) is 0. The summed E-state index contributed by atoms with van der Waals surface area (Å²) >= 11 is 0. The molecule has 9 aromatic rings. The molecule has 234 valence electrons. The first kappa shape index (κ1) is 29.2. The average Bonchev–Trinajstić information content (AvgIpc) is 3.48. The second-order valence-electron chi connectivity index (χ2n) is 14.2. The number of para-hydroxylation sites is 2. The fourth-order valence-corrected chi connectivity index (χ4v) is 7.70. The Labute approximate surface area is 287 Å². The minimum atomic E-state index is 0.0262. The van der Waals surface area contributed by atoms with Gasteiger partial charge in [0.1, 0.15) is 0 Å². The number of fused-ring (bicyclic) bond motifs is 5. The van der Waals surface area contributed by atoms with Crippen LogP contribution in [0.15, 0.2) is 170 Å². The zero-order chi connectivity index (χ0) is 33.1. The maximum absolute atomic E-state index is 2.44. The van der Waals surface area contributed by atoms with E-state index in [1.165, 1.54) is 88.0 Å². The summed E-state index contributed by atoms with van der Waals surface area (Å²) in [4.78, 5) is 0. The predicted molar refractivity (Wildman–Crippen MR) is 211 cm³/mol. The fraction of sp³-hybridized carbons (Fsp3) is 0.0833. The van der Waals surface area contributed by atoms with Crippen LogP contribution in [0.3, 0.4) is 0 Å². The minimum absolute atomic E-state index is 0.0262. The lowest BCUT2D eigenvalue weighted by atomic mass is 9.81. The summed E-state index contributed by atoms with van der Waals surface area (Å²) in [5.74, 6) is 0. The van der Waals surface area contributed by atoms with Crippen molar-refractivity contribution in [3.8, 4) is 39.1 Å². The Balaban J connectivity index is 1.27. The molecule has 0 fully saturated rings. The normalized spacial score (nSPS) is 12.0. The summed E-state index contributed by atoms with van der Waals surface area (Å²) in [7, 11) is 0. The third-order valence-corrected chi connectivity index (χ3v) is 10.2. The molecule has 1 nitrogen and oxygen atoms in total. The summed E-state index contributed by atoms with van der Waals surface area (Å²) < 4.78 is 2.39. The number of nitrogens with zero attached hydrogens (tertiary/aromatic N) is 1. The molecule has 0 saturated carbocycles. The molecule has 0 radical (unpaired) electrons. The van der Waals surface area contributed by atoms with E-state index in [2.05, 4.69) is 195 Å². The van der Waals surface area contributed by atoms with Crippen LogP contribution in [0.1, 0.15) is 26.3 Å². The molecule has 8 aromatic carbocycles. The number of benzene rings is 8. The van der Waals surface area contributed by atoms with Gasteiger partial charge in [0.25, 0.3) is 0 Å². The maximum Gasteiger partial charge on any atom is 0.0541 e. The third kappa shape index (κ3) is 4.85. The fourth-order valence-electron chi connectivity index (χ4n) is 7.70. The highest BCUT2D eigenvalue weighted by Gasteiger charge is 2.21. The van der Waals surface area contributed by atoms with Gasteiger partial charge in [-0.15, -0.1) is 0 Å². The van der Waals surface area contributed by atoms with Crippen LogP contribution in [0.2, 0.25) is 0 Å². The van der Waals surface area contributed by atoms with Crippen LogP contribution in [-0.2, 0) is 5.41 Å². The molecule has 0 aliphatic carbocycles. The van der Waals surface area contributed by atoms with E-state index in [0.29, 0.717) is 0 Å². The molecule has 0 unspecified atom stereocenters. The summed E-state index contributed by atoms with van der Waals surface area (Å²) in [5, 5.41) is 7.67. The predicted octanol–water partition coefficient (Wildman–Crippen LogP) is 13.4. The van der Waals surface area contributed by atoms with Crippen molar-refractivity contribution in [1.29, 1.82) is 0 Å². The molecule has 0 aliphatic heterocycles. The monoisotopic (exact) mass is 627 g/mol. The van der Waals surface area contributed by atoms with E-state index in [-0.39, 0.29) is 5.41 Å². The molecular formula is C48H37N. The Bertz CT molecular complexity index is 2600. The van der Waals surface area contributed by atoms with Crippen LogP contribution in [0.25, 0.3) is 82.4 Å². The zero-order valence-corrected chi connectivity index (χ0v) is 28.1. The van der Waals surface area contributed by atoms with E-state index < -0.39 is 0 Å². The lowest BCUT2D eigenvalue weighted by Gasteiger charge is -2.23. The number of rotatable bonds is 4. The molecule has 1 heteroatoms. The molecule has 9 rings (SSSR count). The standard InChI is InChI=1S/C48H37N/c1-48(2,3)36-27-30-42-43(31-36)47(34-23-21-33(22-24-34)32-13-5-4-6-14-32)41-18-8-7-17-40(41)46(42)35-25-28-37(29-26-35)49-44-19-11-9-15-38(44)39-16-10-12-20-45(39)49/h4-31H,1-3H3. The maximum atomic E-state index is 2.44. The van der Waals surface area contributed by atoms with Gasteiger partial charge in [-0.1, -0.05) is 160 Å². The van der Waals surface area contributed by atoms with Crippen LogP contribution in [0.4, 0.5) is 0 Å². The Kier molecular flexibility index (Phi) is 6.78. The highest BCUT2D eigenvalue weighted by atomic mass is 15.0. The molecular weight excluding hydrogens is 591 g/mol. The number of aromatic nitrogens is 1. The lowest BCUT2D eigenvalue weighted by molar-refractivity contribution is 0.591. The van der Waals surface area contributed by atoms with Gasteiger partial charge in [0.05, 0.1) is 11.0 Å². The first-order valence-corrected chi connectivity index (χ1v) is 17.2. The van der Waals surface area contributed by atoms with Crippen molar-refractivity contribution < 1.29 is 0 Å². The molecule has 0 N–H and O–H groups in total. The second kappa shape index (κ2) is 11.4. The van der Waals surface area contributed by atoms with Gasteiger partial charge in [-0.2, -0.15) is 0 Å². The smallest absolute Gasteiger partial charge is 0.0541 e. The van der Waals surface area contributed by atoms with Crippen LogP contribution >= 0.6 is 0 Å². The van der Waals surface area contributed by atoms with Crippen molar-refractivity contribution in [3.63, 3.8) is 0 Å². The van der Waals surface area contributed by atoms with E-state index in [1.807, 2.05) is 0 Å². The highest BCUT2D eigenvalue weighted by molar-refractivity contribution is 6.21. The van der Waals surface area contributed by atoms with Crippen LogP contribution in [0, 0.1) is 0 Å². The molecule has 0 amide bonds. The molecule has 0 spiro atoms. The van der Waals surface area contributed by atoms with Crippen molar-refractivity contribution >= 4 is 43.4 Å². The van der Waals surface area contributed by atoms with Crippen molar-refractivity contribution in [1.82, 2.24) is 4.57 Å². The summed E-state index contributed by atoms with van der Waals surface area (Å²) in [6.45, 7) is 6.91. The lowest BCUT2D eigenvalue weighted by Crippen LogP contribution is -2.10. The Morgan fingerprint density at radius 3 is 1.35 bits per heavy atom. The third-order valence-electron chi connectivity index (χ3n) is 10.2. The molecule has 0 bridgehead atoms. The van der Waals surface area contributed by atoms with Crippen molar-refractivity contribution in [2.75, 3.05) is 0 Å². The van der Waals surface area contributed by atoms with E-state index in [9.17, 15) is 0 Å². The minimum Gasteiger partial charge on any atom is -0.309 e. The second-order valence-corrected chi connectivity index (χ2v) is 14.2. The van der Waals surface area contributed by atoms with E-state index in [0.717, 1.165) is 0 Å². The van der Waals surface area contributed by atoms with Crippen LogP contribution in [-0.4, -0.2) is 4.57 Å². The van der Waals surface area contributed by atoms with Gasteiger partial charge in [0.2, 0.25) is 0 Å². The van der Waals surface area contributed by atoms with Crippen molar-refractivity contribution in [2.45, 2.75) is 26.2 Å². The van der Waals surface area contributed by atoms with Crippen molar-refractivity contribution in [3.05, 3.63) is 175 Å². The number of hydrogen-bond acceptors (Lipinski definition) is 0. The summed E-state index contributed by atoms with van der Waals surface area (Å²) in [5.41, 5.74) is 12.5. The molecule has 49 heavy (non-hydrogen) atoms. The van der Waals surface area contributed by atoms with Gasteiger partial charge in [0.15, 0.2) is 0 Å². The van der Waals surface area contributed by atoms with E-state index in [4.69, 9.17) is 0 Å². The largest absolute Gasteiger partial charge is 0.309 e. The Hall–Kier alpha value is -5.92. The molecule has 0 aliphatic rings. The Morgan fingerprint density at radius 2 is 0.776 bits per heavy atom. The van der Waals surface area contributed by atoms with Gasteiger partial charge in [-0.25, -0.2) is 0 Å². The average molecular weight is 628 g/mol. The van der Waals surface area contributed by atoms with Crippen molar-refractivity contribution in [2.24, 2.45) is 0 Å². The van der Waals surface area contributed by atoms with E-state index >= 15 is 0 Å². The van der Waals surface area contributed by atoms with Gasteiger partial charge in [0, 0.05) is 16.5 Å².